The molecule has 1 heterocycles. The molecule has 1 saturated heterocycles. The van der Waals surface area contributed by atoms with Gasteiger partial charge in [-0.2, -0.15) is 0 Å². The molecule has 0 saturated carbocycles. The third kappa shape index (κ3) is 5.40. The first kappa shape index (κ1) is 17.6. The van der Waals surface area contributed by atoms with Gasteiger partial charge < -0.3 is 18.7 Å². The third-order valence-electron chi connectivity index (χ3n) is 3.21. The van der Waals surface area contributed by atoms with E-state index in [1.54, 1.807) is 0 Å². The van der Waals surface area contributed by atoms with Crippen LogP contribution in [0.3, 0.4) is 0 Å². The van der Waals surface area contributed by atoms with Gasteiger partial charge in [0.15, 0.2) is 0 Å². The van der Waals surface area contributed by atoms with E-state index < -0.39 is 9.73 Å². The van der Waals surface area contributed by atoms with Crippen LogP contribution in [0, 0.1) is 13.8 Å². The summed E-state index contributed by atoms with van der Waals surface area (Å²) in [5, 5.41) is 0. The molecule has 5 heteroatoms. The van der Waals surface area contributed by atoms with Crippen molar-refractivity contribution < 1.29 is 25.3 Å². The zero-order valence-electron chi connectivity index (χ0n) is 10.9. The van der Waals surface area contributed by atoms with E-state index in [2.05, 4.69) is 37.0 Å². The molecule has 1 aliphatic rings. The van der Waals surface area contributed by atoms with Crippen molar-refractivity contribution in [3.05, 3.63) is 13.8 Å². The molecule has 0 bridgehead atoms. The molecule has 0 unspecified atom stereocenters. The van der Waals surface area contributed by atoms with Gasteiger partial charge in [-0.3, -0.25) is 4.21 Å². The Morgan fingerprint density at radius 2 is 1.76 bits per heavy atom. The van der Waals surface area contributed by atoms with E-state index in [1.165, 1.54) is 0 Å². The van der Waals surface area contributed by atoms with Crippen LogP contribution in [0.15, 0.2) is 4.36 Å². The SMILES string of the molecule is [CH2-]CS(=O)(C[CH2-])=NC1CCN(C(C)C)CC1.[W+2]. The second-order valence-electron chi connectivity index (χ2n) is 4.65. The van der Waals surface area contributed by atoms with Crippen LogP contribution in [0.1, 0.15) is 26.7 Å². The monoisotopic (exact) mass is 428 g/mol. The average Bonchev–Trinajstić information content (AvgIpc) is 2.29. The fraction of sp³-hybridized carbons (Fsp3) is 0.833. The number of hydrogen-bond donors (Lipinski definition) is 0. The molecule has 0 aliphatic carbocycles. The van der Waals surface area contributed by atoms with Gasteiger partial charge in [0.05, 0.1) is 6.04 Å². The summed E-state index contributed by atoms with van der Waals surface area (Å²) in [5.74, 6) is 0.780. The van der Waals surface area contributed by atoms with Crippen molar-refractivity contribution in [3.63, 3.8) is 0 Å². The first-order chi connectivity index (χ1) is 7.50. The van der Waals surface area contributed by atoms with Crippen molar-refractivity contribution in [1.29, 1.82) is 0 Å². The number of rotatable bonds is 4. The van der Waals surface area contributed by atoms with E-state index in [-0.39, 0.29) is 27.1 Å². The Labute approximate surface area is 121 Å². The molecule has 100 valence electrons. The minimum Gasteiger partial charge on any atom is -0.330 e. The molecule has 17 heavy (non-hydrogen) atoms. The van der Waals surface area contributed by atoms with Crippen LogP contribution in [0.4, 0.5) is 0 Å². The van der Waals surface area contributed by atoms with E-state index in [0.717, 1.165) is 25.9 Å². The quantitative estimate of drug-likeness (QED) is 0.642. The minimum atomic E-state index is -2.12. The van der Waals surface area contributed by atoms with E-state index >= 15 is 0 Å². The summed E-state index contributed by atoms with van der Waals surface area (Å²) < 4.78 is 16.6. The Morgan fingerprint density at radius 1 is 1.29 bits per heavy atom. The summed E-state index contributed by atoms with van der Waals surface area (Å²) in [6.07, 6.45) is 2.05. The molecule has 1 rings (SSSR count). The van der Waals surface area contributed by atoms with Gasteiger partial charge in [0.1, 0.15) is 0 Å². The van der Waals surface area contributed by atoms with Crippen LogP contribution in [0.25, 0.3) is 0 Å². The fourth-order valence-corrected chi connectivity index (χ4v) is 3.16. The Hall–Kier alpha value is 0.598. The van der Waals surface area contributed by atoms with Crippen molar-refractivity contribution in [3.8, 4) is 0 Å². The summed E-state index contributed by atoms with van der Waals surface area (Å²) in [6.45, 7) is 14.0. The molecule has 0 radical (unpaired) electrons. The standard InChI is InChI=1S/C12H24N2OS.W/c1-5-16(15,6-2)13-12-7-9-14(10-8-12)11(3)4;/h11-12H,1-2,5-10H2,3-4H3;/q-2;+2. The van der Waals surface area contributed by atoms with E-state index in [1.807, 2.05) is 0 Å². The molecule has 0 amide bonds. The van der Waals surface area contributed by atoms with Crippen LogP contribution in [0.2, 0.25) is 0 Å². The summed E-state index contributed by atoms with van der Waals surface area (Å²) >= 11 is 0. The maximum absolute atomic E-state index is 12.1. The molecular weight excluding hydrogens is 404 g/mol. The third-order valence-corrected chi connectivity index (χ3v) is 5.17. The zero-order chi connectivity index (χ0) is 12.2. The number of likely N-dealkylation sites (tertiary alicyclic amines) is 1. The van der Waals surface area contributed by atoms with Gasteiger partial charge in [0.2, 0.25) is 0 Å². The maximum atomic E-state index is 12.1. The average molecular weight is 428 g/mol. The first-order valence-corrected chi connectivity index (χ1v) is 7.90. The Kier molecular flexibility index (Phi) is 8.19. The second-order valence-corrected chi connectivity index (χ2v) is 7.22. The van der Waals surface area contributed by atoms with Crippen LogP contribution in [-0.4, -0.2) is 45.8 Å². The van der Waals surface area contributed by atoms with E-state index in [0.29, 0.717) is 17.5 Å². The van der Waals surface area contributed by atoms with E-state index in [4.69, 9.17) is 0 Å². The molecule has 0 spiro atoms. The van der Waals surface area contributed by atoms with Gasteiger partial charge in [0, 0.05) is 19.1 Å². The molecule has 0 aromatic rings. The maximum Gasteiger partial charge on any atom is 2.00 e. The van der Waals surface area contributed by atoms with Gasteiger partial charge >= 0.3 is 21.1 Å². The Bertz CT molecular complexity index is 306. The smallest absolute Gasteiger partial charge is 0.330 e. The van der Waals surface area contributed by atoms with Gasteiger partial charge in [-0.15, -0.1) is 0 Å². The normalized spacial score (nSPS) is 19.1. The zero-order valence-corrected chi connectivity index (χ0v) is 14.7. The molecule has 3 nitrogen and oxygen atoms in total. The van der Waals surface area contributed by atoms with Crippen molar-refractivity contribution in [2.45, 2.75) is 38.8 Å². The fourth-order valence-electron chi connectivity index (χ4n) is 1.99. The summed E-state index contributed by atoms with van der Waals surface area (Å²) in [4.78, 5) is 2.45. The second kappa shape index (κ2) is 7.91. The topological polar surface area (TPSA) is 32.7 Å². The first-order valence-electron chi connectivity index (χ1n) is 6.05. The summed E-state index contributed by atoms with van der Waals surface area (Å²) in [6, 6.07) is 0.858. The molecular formula is C12H24N2OSW. The minimum absolute atomic E-state index is 0. The summed E-state index contributed by atoms with van der Waals surface area (Å²) in [5.41, 5.74) is 0. The predicted molar refractivity (Wildman–Crippen MR) is 70.7 cm³/mol. The Balaban J connectivity index is 0.00000256. The summed E-state index contributed by atoms with van der Waals surface area (Å²) in [7, 11) is -2.12. The molecule has 1 aliphatic heterocycles. The Morgan fingerprint density at radius 3 is 2.12 bits per heavy atom. The van der Waals surface area contributed by atoms with Gasteiger partial charge in [-0.05, 0) is 36.4 Å². The van der Waals surface area contributed by atoms with Gasteiger partial charge in [-0.1, -0.05) is 11.5 Å². The molecule has 0 aromatic heterocycles. The largest absolute Gasteiger partial charge is 2.00 e. The van der Waals surface area contributed by atoms with Crippen LogP contribution in [-0.2, 0) is 30.8 Å². The number of nitrogens with zero attached hydrogens (tertiary/aromatic N) is 2. The van der Waals surface area contributed by atoms with Gasteiger partial charge in [-0.25, -0.2) is 4.36 Å². The van der Waals surface area contributed by atoms with Crippen LogP contribution in [0.5, 0.6) is 0 Å². The van der Waals surface area contributed by atoms with Crippen molar-refractivity contribution in [1.82, 2.24) is 4.90 Å². The van der Waals surface area contributed by atoms with Crippen LogP contribution < -0.4 is 0 Å². The van der Waals surface area contributed by atoms with Gasteiger partial charge in [0.25, 0.3) is 0 Å². The number of piperidine rings is 1. The molecule has 0 N–H and O–H groups in total. The molecule has 1 fully saturated rings. The van der Waals surface area contributed by atoms with Crippen molar-refractivity contribution in [2.75, 3.05) is 24.6 Å². The van der Waals surface area contributed by atoms with Crippen molar-refractivity contribution in [2.24, 2.45) is 4.36 Å². The van der Waals surface area contributed by atoms with Crippen LogP contribution >= 0.6 is 0 Å². The molecule has 0 aromatic carbocycles. The predicted octanol–water partition coefficient (Wildman–Crippen LogP) is 1.99. The van der Waals surface area contributed by atoms with Crippen molar-refractivity contribution >= 4 is 9.73 Å². The van der Waals surface area contributed by atoms with E-state index in [9.17, 15) is 4.21 Å². The number of hydrogen-bond acceptors (Lipinski definition) is 3. The molecule has 0 atom stereocenters.